The Morgan fingerprint density at radius 3 is 2.76 bits per heavy atom. The minimum Gasteiger partial charge on any atom is -0.363 e. The summed E-state index contributed by atoms with van der Waals surface area (Å²) in [4.78, 5) is 6.54. The quantitative estimate of drug-likeness (QED) is 0.909. The molecule has 0 aromatic carbocycles. The van der Waals surface area contributed by atoms with Crippen molar-refractivity contribution in [2.45, 2.75) is 18.9 Å². The number of hydrogen-bond donors (Lipinski definition) is 1. The first kappa shape index (κ1) is 11.4. The molecule has 3 aliphatic heterocycles. The molecule has 3 fully saturated rings. The molecule has 1 N–H and O–H groups in total. The van der Waals surface area contributed by atoms with E-state index in [4.69, 9.17) is 0 Å². The summed E-state index contributed by atoms with van der Waals surface area (Å²) in [5.41, 5.74) is 0. The maximum atomic E-state index is 13.7. The molecule has 1 atom stereocenters. The fraction of sp³-hybridized carbons (Fsp3) is 0.583. The minimum absolute atomic E-state index is 0.282. The molecule has 3 nitrogen and oxygen atoms in total. The van der Waals surface area contributed by atoms with Gasteiger partial charge in [0, 0.05) is 23.3 Å². The van der Waals surface area contributed by atoms with Gasteiger partial charge < -0.3 is 10.2 Å². The number of nitrogens with zero attached hydrogens (tertiary/aromatic N) is 2. The monoisotopic (exact) mass is 299 g/mol. The lowest BCUT2D eigenvalue weighted by Gasteiger charge is -2.45. The van der Waals surface area contributed by atoms with Crippen LogP contribution in [0.5, 0.6) is 0 Å². The van der Waals surface area contributed by atoms with Crippen LogP contribution >= 0.6 is 15.9 Å². The predicted octanol–water partition coefficient (Wildman–Crippen LogP) is 2.49. The van der Waals surface area contributed by atoms with Crippen LogP contribution in [0.15, 0.2) is 16.7 Å². The van der Waals surface area contributed by atoms with Crippen molar-refractivity contribution in [1.82, 2.24) is 9.88 Å². The Morgan fingerprint density at radius 2 is 2.18 bits per heavy atom. The average molecular weight is 300 g/mol. The molecule has 1 unspecified atom stereocenters. The molecule has 3 saturated heterocycles. The van der Waals surface area contributed by atoms with E-state index in [2.05, 4.69) is 31.1 Å². The Bertz CT molecular complexity index is 418. The molecule has 0 saturated carbocycles. The van der Waals surface area contributed by atoms with E-state index in [-0.39, 0.29) is 5.82 Å². The molecule has 1 aromatic rings. The van der Waals surface area contributed by atoms with Crippen molar-refractivity contribution in [2.24, 2.45) is 5.92 Å². The van der Waals surface area contributed by atoms with Crippen molar-refractivity contribution in [1.29, 1.82) is 0 Å². The number of nitrogens with one attached hydrogen (secondary N) is 1. The van der Waals surface area contributed by atoms with Crippen molar-refractivity contribution in [3.05, 3.63) is 22.6 Å². The number of rotatable bonds is 2. The zero-order valence-electron chi connectivity index (χ0n) is 9.50. The molecular formula is C12H15BrFN3. The van der Waals surface area contributed by atoms with Crippen molar-refractivity contribution in [3.8, 4) is 0 Å². The van der Waals surface area contributed by atoms with Gasteiger partial charge >= 0.3 is 0 Å². The zero-order chi connectivity index (χ0) is 11.8. The summed E-state index contributed by atoms with van der Waals surface area (Å²) in [5, 5.41) is 3.26. The third kappa shape index (κ3) is 2.31. The van der Waals surface area contributed by atoms with Gasteiger partial charge in [-0.05, 0) is 53.8 Å². The maximum absolute atomic E-state index is 13.7. The van der Waals surface area contributed by atoms with E-state index < -0.39 is 0 Å². The number of aromatic nitrogens is 1. The molecule has 4 heterocycles. The van der Waals surface area contributed by atoms with Crippen molar-refractivity contribution < 1.29 is 4.39 Å². The molecule has 0 aliphatic carbocycles. The van der Waals surface area contributed by atoms with Gasteiger partial charge in [0.15, 0.2) is 11.6 Å². The Kier molecular flexibility index (Phi) is 3.04. The topological polar surface area (TPSA) is 28.2 Å². The fourth-order valence-electron chi connectivity index (χ4n) is 2.83. The summed E-state index contributed by atoms with van der Waals surface area (Å²) in [5.74, 6) is 0.771. The van der Waals surface area contributed by atoms with Gasteiger partial charge in [0.05, 0.1) is 0 Å². The van der Waals surface area contributed by atoms with Gasteiger partial charge in [-0.2, -0.15) is 0 Å². The Hall–Kier alpha value is -0.680. The standard InChI is InChI=1S/C12H15BrFN3/c13-9-5-10(14)12(15-6-9)16-11-7-17-3-1-8(11)2-4-17/h5-6,8,11H,1-4,7H2,(H,15,16). The van der Waals surface area contributed by atoms with E-state index in [1.54, 1.807) is 6.20 Å². The van der Waals surface area contributed by atoms with E-state index in [0.29, 0.717) is 22.3 Å². The SMILES string of the molecule is Fc1cc(Br)cnc1NC1CN2CCC1CC2. The number of hydrogen-bond acceptors (Lipinski definition) is 3. The van der Waals surface area contributed by atoms with Crippen molar-refractivity contribution in [2.75, 3.05) is 25.0 Å². The largest absolute Gasteiger partial charge is 0.363 e. The van der Waals surface area contributed by atoms with E-state index in [1.807, 2.05) is 0 Å². The normalized spacial score (nSPS) is 31.5. The maximum Gasteiger partial charge on any atom is 0.166 e. The van der Waals surface area contributed by atoms with Crippen LogP contribution in [0.3, 0.4) is 0 Å². The van der Waals surface area contributed by atoms with Gasteiger partial charge in [-0.1, -0.05) is 0 Å². The summed E-state index contributed by atoms with van der Waals surface area (Å²) in [6.07, 6.45) is 4.07. The molecule has 0 amide bonds. The lowest BCUT2D eigenvalue weighted by molar-refractivity contribution is 0.0972. The highest BCUT2D eigenvalue weighted by molar-refractivity contribution is 9.10. The highest BCUT2D eigenvalue weighted by Gasteiger charge is 2.34. The van der Waals surface area contributed by atoms with Crippen molar-refractivity contribution in [3.63, 3.8) is 0 Å². The van der Waals surface area contributed by atoms with Gasteiger partial charge in [0.2, 0.25) is 0 Å². The van der Waals surface area contributed by atoms with Crippen LogP contribution in [0.2, 0.25) is 0 Å². The van der Waals surface area contributed by atoms with Crippen LogP contribution in [0, 0.1) is 11.7 Å². The van der Waals surface area contributed by atoms with Gasteiger partial charge in [-0.15, -0.1) is 0 Å². The second-order valence-corrected chi connectivity index (χ2v) is 5.79. The average Bonchev–Trinajstić information content (AvgIpc) is 2.34. The summed E-state index contributed by atoms with van der Waals surface area (Å²) in [6.45, 7) is 3.40. The van der Waals surface area contributed by atoms with E-state index in [9.17, 15) is 4.39 Å². The van der Waals surface area contributed by atoms with Crippen LogP contribution in [0.1, 0.15) is 12.8 Å². The van der Waals surface area contributed by atoms with Crippen LogP contribution in [0.4, 0.5) is 10.2 Å². The molecule has 0 spiro atoms. The number of fused-ring (bicyclic) bond motifs is 3. The minimum atomic E-state index is -0.282. The molecule has 5 heteroatoms. The first-order valence-electron chi connectivity index (χ1n) is 6.02. The number of halogens is 2. The van der Waals surface area contributed by atoms with Gasteiger partial charge in [0.25, 0.3) is 0 Å². The smallest absolute Gasteiger partial charge is 0.166 e. The Morgan fingerprint density at radius 1 is 1.41 bits per heavy atom. The van der Waals surface area contributed by atoms with E-state index in [1.165, 1.54) is 32.0 Å². The number of anilines is 1. The summed E-state index contributed by atoms with van der Waals surface area (Å²) >= 11 is 3.22. The van der Waals surface area contributed by atoms with Gasteiger partial charge in [0.1, 0.15) is 0 Å². The highest BCUT2D eigenvalue weighted by atomic mass is 79.9. The number of pyridine rings is 1. The van der Waals surface area contributed by atoms with Crippen molar-refractivity contribution >= 4 is 21.7 Å². The molecule has 1 aromatic heterocycles. The first-order valence-corrected chi connectivity index (χ1v) is 6.81. The number of piperidine rings is 3. The lowest BCUT2D eigenvalue weighted by Crippen LogP contribution is -2.53. The molecule has 2 bridgehead atoms. The predicted molar refractivity (Wildman–Crippen MR) is 68.5 cm³/mol. The summed E-state index contributed by atoms with van der Waals surface area (Å²) in [7, 11) is 0. The third-order valence-electron chi connectivity index (χ3n) is 3.79. The third-order valence-corrected chi connectivity index (χ3v) is 4.22. The first-order chi connectivity index (χ1) is 8.22. The van der Waals surface area contributed by atoms with Crippen LogP contribution < -0.4 is 5.32 Å². The Labute approximate surface area is 109 Å². The molecular weight excluding hydrogens is 285 g/mol. The highest BCUT2D eigenvalue weighted by Crippen LogP contribution is 2.30. The van der Waals surface area contributed by atoms with E-state index >= 15 is 0 Å². The molecule has 17 heavy (non-hydrogen) atoms. The van der Waals surface area contributed by atoms with Crippen LogP contribution in [0.25, 0.3) is 0 Å². The van der Waals surface area contributed by atoms with Crippen LogP contribution in [-0.2, 0) is 0 Å². The molecule has 0 radical (unpaired) electrons. The zero-order valence-corrected chi connectivity index (χ0v) is 11.1. The molecule has 4 rings (SSSR count). The van der Waals surface area contributed by atoms with Gasteiger partial charge in [-0.3, -0.25) is 0 Å². The molecule has 3 aliphatic rings. The molecule has 92 valence electrons. The summed E-state index contributed by atoms with van der Waals surface area (Å²) in [6, 6.07) is 1.80. The van der Waals surface area contributed by atoms with Gasteiger partial charge in [-0.25, -0.2) is 9.37 Å². The Balaban J connectivity index is 1.74. The second-order valence-electron chi connectivity index (χ2n) is 4.87. The fourth-order valence-corrected chi connectivity index (χ4v) is 3.13. The lowest BCUT2D eigenvalue weighted by atomic mass is 9.84. The van der Waals surface area contributed by atoms with Crippen LogP contribution in [-0.4, -0.2) is 35.6 Å². The second kappa shape index (κ2) is 4.53. The summed E-state index contributed by atoms with van der Waals surface area (Å²) < 4.78 is 14.4. The van der Waals surface area contributed by atoms with E-state index in [0.717, 1.165) is 6.54 Å².